The number of nitrogens with zero attached hydrogens (tertiary/aromatic N) is 1. The Bertz CT molecular complexity index is 140. The van der Waals surface area contributed by atoms with E-state index >= 15 is 0 Å². The second-order valence-corrected chi connectivity index (χ2v) is 4.33. The lowest BCUT2D eigenvalue weighted by molar-refractivity contribution is 0.116. The zero-order valence-corrected chi connectivity index (χ0v) is 10.7. The smallest absolute Gasteiger partial charge is 0.0589 e. The number of ether oxygens (including phenoxy) is 1. The summed E-state index contributed by atoms with van der Waals surface area (Å²) in [6.45, 7) is 9.25. The van der Waals surface area contributed by atoms with E-state index in [9.17, 15) is 5.11 Å². The highest BCUT2D eigenvalue weighted by Gasteiger charge is 2.09. The minimum absolute atomic E-state index is 0.124. The molecule has 1 N–H and O–H groups in total. The standard InChI is InChI=1S/C12H27NO2/c1-5-12(14)7-6-8-13(11(2)3)9-10-15-4/h11-12,14H,5-10H2,1-4H3. The summed E-state index contributed by atoms with van der Waals surface area (Å²) in [5.74, 6) is 0. The summed E-state index contributed by atoms with van der Waals surface area (Å²) >= 11 is 0. The van der Waals surface area contributed by atoms with Gasteiger partial charge in [0.2, 0.25) is 0 Å². The quantitative estimate of drug-likeness (QED) is 0.640. The molecule has 15 heavy (non-hydrogen) atoms. The van der Waals surface area contributed by atoms with Gasteiger partial charge in [0.1, 0.15) is 0 Å². The predicted octanol–water partition coefficient (Wildman–Crippen LogP) is 1.89. The molecule has 3 heteroatoms. The van der Waals surface area contributed by atoms with Crippen molar-refractivity contribution in [3.8, 4) is 0 Å². The van der Waals surface area contributed by atoms with Crippen LogP contribution in [0.5, 0.6) is 0 Å². The molecule has 0 saturated carbocycles. The van der Waals surface area contributed by atoms with E-state index in [1.54, 1.807) is 7.11 Å². The number of hydrogen-bond acceptors (Lipinski definition) is 3. The molecule has 0 fully saturated rings. The van der Waals surface area contributed by atoms with Crippen molar-refractivity contribution in [2.45, 2.75) is 52.2 Å². The largest absolute Gasteiger partial charge is 0.393 e. The van der Waals surface area contributed by atoms with Crippen molar-refractivity contribution in [2.24, 2.45) is 0 Å². The second kappa shape index (κ2) is 9.13. The Kier molecular flexibility index (Phi) is 9.06. The van der Waals surface area contributed by atoms with Crippen LogP contribution >= 0.6 is 0 Å². The fourth-order valence-corrected chi connectivity index (χ4v) is 1.57. The monoisotopic (exact) mass is 217 g/mol. The lowest BCUT2D eigenvalue weighted by Crippen LogP contribution is -2.35. The van der Waals surface area contributed by atoms with Crippen molar-refractivity contribution in [3.05, 3.63) is 0 Å². The molecule has 3 nitrogen and oxygen atoms in total. The van der Waals surface area contributed by atoms with Crippen molar-refractivity contribution >= 4 is 0 Å². The van der Waals surface area contributed by atoms with Crippen LogP contribution in [0.4, 0.5) is 0 Å². The van der Waals surface area contributed by atoms with Gasteiger partial charge in [-0.1, -0.05) is 6.92 Å². The molecule has 0 radical (unpaired) electrons. The number of methoxy groups -OCH3 is 1. The third-order valence-electron chi connectivity index (χ3n) is 2.77. The van der Waals surface area contributed by atoms with E-state index in [4.69, 9.17) is 4.74 Å². The van der Waals surface area contributed by atoms with Crippen molar-refractivity contribution in [2.75, 3.05) is 26.8 Å². The van der Waals surface area contributed by atoms with E-state index in [-0.39, 0.29) is 6.10 Å². The molecular weight excluding hydrogens is 190 g/mol. The molecule has 0 aliphatic heterocycles. The molecule has 1 atom stereocenters. The predicted molar refractivity (Wildman–Crippen MR) is 64.1 cm³/mol. The van der Waals surface area contributed by atoms with Crippen LogP contribution in [-0.4, -0.2) is 49.0 Å². The first-order valence-electron chi connectivity index (χ1n) is 6.02. The summed E-state index contributed by atoms with van der Waals surface area (Å²) in [6.07, 6.45) is 2.71. The Morgan fingerprint density at radius 3 is 2.40 bits per heavy atom. The van der Waals surface area contributed by atoms with Crippen LogP contribution in [0.1, 0.15) is 40.0 Å². The molecule has 1 unspecified atom stereocenters. The molecule has 0 aliphatic carbocycles. The molecule has 0 aromatic carbocycles. The summed E-state index contributed by atoms with van der Waals surface area (Å²) in [4.78, 5) is 2.39. The maximum absolute atomic E-state index is 9.44. The number of hydrogen-bond donors (Lipinski definition) is 1. The van der Waals surface area contributed by atoms with E-state index in [0.717, 1.165) is 39.0 Å². The fraction of sp³-hybridized carbons (Fsp3) is 1.00. The summed E-state index contributed by atoms with van der Waals surface area (Å²) in [5, 5.41) is 9.44. The normalized spacial score (nSPS) is 13.8. The highest BCUT2D eigenvalue weighted by molar-refractivity contribution is 4.64. The Morgan fingerprint density at radius 1 is 1.27 bits per heavy atom. The Morgan fingerprint density at radius 2 is 1.93 bits per heavy atom. The molecule has 92 valence electrons. The van der Waals surface area contributed by atoms with Crippen molar-refractivity contribution in [1.82, 2.24) is 4.90 Å². The molecular formula is C12H27NO2. The summed E-state index contributed by atoms with van der Waals surface area (Å²) in [7, 11) is 1.74. The lowest BCUT2D eigenvalue weighted by Gasteiger charge is -2.26. The first-order chi connectivity index (χ1) is 7.11. The van der Waals surface area contributed by atoms with Gasteiger partial charge >= 0.3 is 0 Å². The van der Waals surface area contributed by atoms with E-state index in [1.807, 2.05) is 6.92 Å². The Hall–Kier alpha value is -0.120. The fourth-order valence-electron chi connectivity index (χ4n) is 1.57. The van der Waals surface area contributed by atoms with Gasteiger partial charge in [0.05, 0.1) is 12.7 Å². The maximum atomic E-state index is 9.44. The van der Waals surface area contributed by atoms with Gasteiger partial charge in [-0.3, -0.25) is 4.90 Å². The van der Waals surface area contributed by atoms with Crippen LogP contribution in [0.15, 0.2) is 0 Å². The molecule has 0 aromatic rings. The molecule has 0 aromatic heterocycles. The number of aliphatic hydroxyl groups is 1. The third kappa shape index (κ3) is 7.77. The summed E-state index contributed by atoms with van der Waals surface area (Å²) in [5.41, 5.74) is 0. The minimum atomic E-state index is -0.124. The maximum Gasteiger partial charge on any atom is 0.0589 e. The first kappa shape index (κ1) is 14.9. The third-order valence-corrected chi connectivity index (χ3v) is 2.77. The minimum Gasteiger partial charge on any atom is -0.393 e. The highest BCUT2D eigenvalue weighted by Crippen LogP contribution is 2.05. The van der Waals surface area contributed by atoms with Gasteiger partial charge in [-0.05, 0) is 39.7 Å². The number of aliphatic hydroxyl groups excluding tert-OH is 1. The van der Waals surface area contributed by atoms with Gasteiger partial charge in [0.15, 0.2) is 0 Å². The van der Waals surface area contributed by atoms with E-state index in [0.29, 0.717) is 6.04 Å². The van der Waals surface area contributed by atoms with Gasteiger partial charge in [0, 0.05) is 19.7 Å². The molecule has 0 heterocycles. The molecule has 0 rings (SSSR count). The van der Waals surface area contributed by atoms with Crippen molar-refractivity contribution in [3.63, 3.8) is 0 Å². The van der Waals surface area contributed by atoms with Crippen LogP contribution < -0.4 is 0 Å². The molecule has 0 spiro atoms. The van der Waals surface area contributed by atoms with Gasteiger partial charge < -0.3 is 9.84 Å². The van der Waals surface area contributed by atoms with Crippen molar-refractivity contribution in [1.29, 1.82) is 0 Å². The first-order valence-corrected chi connectivity index (χ1v) is 6.02. The summed E-state index contributed by atoms with van der Waals surface area (Å²) in [6, 6.07) is 0.555. The van der Waals surface area contributed by atoms with Crippen LogP contribution in [0, 0.1) is 0 Å². The zero-order valence-electron chi connectivity index (χ0n) is 10.7. The second-order valence-electron chi connectivity index (χ2n) is 4.33. The molecule has 0 saturated heterocycles. The Balaban J connectivity index is 3.66. The van der Waals surface area contributed by atoms with Crippen LogP contribution in [0.2, 0.25) is 0 Å². The molecule has 0 bridgehead atoms. The van der Waals surface area contributed by atoms with Crippen LogP contribution in [0.25, 0.3) is 0 Å². The van der Waals surface area contributed by atoms with E-state index in [1.165, 1.54) is 0 Å². The van der Waals surface area contributed by atoms with Gasteiger partial charge in [0.25, 0.3) is 0 Å². The molecule has 0 aliphatic rings. The van der Waals surface area contributed by atoms with Crippen LogP contribution in [0.3, 0.4) is 0 Å². The SMILES string of the molecule is CCC(O)CCCN(CCOC)C(C)C. The zero-order chi connectivity index (χ0) is 11.7. The van der Waals surface area contributed by atoms with Crippen molar-refractivity contribution < 1.29 is 9.84 Å². The lowest BCUT2D eigenvalue weighted by atomic mass is 10.1. The topological polar surface area (TPSA) is 32.7 Å². The van der Waals surface area contributed by atoms with E-state index < -0.39 is 0 Å². The number of rotatable bonds is 9. The average molecular weight is 217 g/mol. The average Bonchev–Trinajstić information content (AvgIpc) is 2.22. The highest BCUT2D eigenvalue weighted by atomic mass is 16.5. The van der Waals surface area contributed by atoms with Gasteiger partial charge in [-0.25, -0.2) is 0 Å². The summed E-state index contributed by atoms with van der Waals surface area (Å²) < 4.78 is 5.08. The molecule has 0 amide bonds. The Labute approximate surface area is 94.4 Å². The van der Waals surface area contributed by atoms with Crippen LogP contribution in [-0.2, 0) is 4.74 Å². The van der Waals surface area contributed by atoms with Gasteiger partial charge in [-0.15, -0.1) is 0 Å². The van der Waals surface area contributed by atoms with Gasteiger partial charge in [-0.2, -0.15) is 0 Å². The van der Waals surface area contributed by atoms with E-state index in [2.05, 4.69) is 18.7 Å².